The fourth-order valence-corrected chi connectivity index (χ4v) is 3.87. The molecule has 0 aliphatic carbocycles. The molecule has 5 aromatic rings. The molecular formula is C21H13N3O3S. The fraction of sp³-hybridized carbons (Fsp3) is 0. The van der Waals surface area contributed by atoms with Gasteiger partial charge in [0.05, 0.1) is 15.8 Å². The van der Waals surface area contributed by atoms with E-state index in [1.165, 1.54) is 6.07 Å². The van der Waals surface area contributed by atoms with Gasteiger partial charge in [0.15, 0.2) is 11.5 Å². The number of hydrogen-bond acceptors (Lipinski definition) is 7. The summed E-state index contributed by atoms with van der Waals surface area (Å²) < 4.78 is 6.83. The van der Waals surface area contributed by atoms with Gasteiger partial charge in [-0.3, -0.25) is 0 Å². The molecule has 0 saturated heterocycles. The van der Waals surface area contributed by atoms with Crippen LogP contribution in [-0.2, 0) is 0 Å². The summed E-state index contributed by atoms with van der Waals surface area (Å²) in [7, 11) is 0. The average Bonchev–Trinajstić information content (AvgIpc) is 3.37. The second-order valence-corrected chi connectivity index (χ2v) is 7.18. The lowest BCUT2D eigenvalue weighted by Crippen LogP contribution is -1.80. The van der Waals surface area contributed by atoms with E-state index in [9.17, 15) is 10.2 Å². The van der Waals surface area contributed by atoms with E-state index >= 15 is 0 Å². The summed E-state index contributed by atoms with van der Waals surface area (Å²) in [5.74, 6) is -0.0615. The maximum Gasteiger partial charge on any atom is 0.252 e. The van der Waals surface area contributed by atoms with Gasteiger partial charge in [-0.1, -0.05) is 30.3 Å². The van der Waals surface area contributed by atoms with Gasteiger partial charge >= 0.3 is 0 Å². The lowest BCUT2D eigenvalue weighted by Gasteiger charge is -2.01. The minimum absolute atomic E-state index is 0.138. The Morgan fingerprint density at radius 1 is 0.750 bits per heavy atom. The summed E-state index contributed by atoms with van der Waals surface area (Å²) in [5, 5.41) is 28.6. The number of para-hydroxylation sites is 2. The molecule has 0 aliphatic rings. The zero-order chi connectivity index (χ0) is 19.1. The second kappa shape index (κ2) is 6.47. The van der Waals surface area contributed by atoms with Crippen LogP contribution in [0.2, 0.25) is 0 Å². The normalized spacial score (nSPS) is 11.1. The Morgan fingerprint density at radius 2 is 1.50 bits per heavy atom. The van der Waals surface area contributed by atoms with Crippen molar-refractivity contribution in [3.05, 3.63) is 66.7 Å². The molecule has 28 heavy (non-hydrogen) atoms. The van der Waals surface area contributed by atoms with E-state index in [0.717, 1.165) is 26.4 Å². The highest BCUT2D eigenvalue weighted by molar-refractivity contribution is 7.21. The first-order chi connectivity index (χ1) is 13.7. The van der Waals surface area contributed by atoms with E-state index in [1.807, 2.05) is 42.5 Å². The molecule has 0 fully saturated rings. The van der Waals surface area contributed by atoms with Crippen molar-refractivity contribution in [1.82, 2.24) is 15.2 Å². The molecule has 6 nitrogen and oxygen atoms in total. The van der Waals surface area contributed by atoms with E-state index in [1.54, 1.807) is 23.5 Å². The molecule has 2 aromatic heterocycles. The number of phenolic OH excluding ortho intramolecular Hbond substituents is 2. The molecule has 0 aliphatic heterocycles. The Labute approximate surface area is 163 Å². The van der Waals surface area contributed by atoms with Gasteiger partial charge in [-0.15, -0.1) is 21.5 Å². The standard InChI is InChI=1S/C21H13N3O3S/c25-16-6-3-4-14(18(16)26)20-24-23-19(27-20)12-8-10-13(11-9-12)21-22-15-5-1-2-7-17(15)28-21/h1-11,25-26H. The molecule has 0 radical (unpaired) electrons. The fourth-order valence-electron chi connectivity index (χ4n) is 2.90. The molecule has 3 aromatic carbocycles. The van der Waals surface area contributed by atoms with E-state index in [2.05, 4.69) is 21.2 Å². The number of aromatic hydroxyl groups is 2. The van der Waals surface area contributed by atoms with Crippen molar-refractivity contribution in [3.8, 4) is 45.0 Å². The minimum atomic E-state index is -0.288. The SMILES string of the molecule is Oc1cccc(-c2nnc(-c3ccc(-c4nc5ccccc5s4)cc3)o2)c1O. The number of nitrogens with zero attached hydrogens (tertiary/aromatic N) is 3. The van der Waals surface area contributed by atoms with Gasteiger partial charge < -0.3 is 14.6 Å². The number of benzene rings is 3. The number of phenols is 2. The molecule has 0 amide bonds. The van der Waals surface area contributed by atoms with Crippen LogP contribution in [0.25, 0.3) is 43.7 Å². The highest BCUT2D eigenvalue weighted by Crippen LogP contribution is 2.36. The van der Waals surface area contributed by atoms with Crippen LogP contribution in [0.15, 0.2) is 71.1 Å². The molecule has 2 N–H and O–H groups in total. The molecule has 0 spiro atoms. The lowest BCUT2D eigenvalue weighted by atomic mass is 10.1. The Morgan fingerprint density at radius 3 is 2.32 bits per heavy atom. The summed E-state index contributed by atoms with van der Waals surface area (Å²) in [5.41, 5.74) is 3.03. The van der Waals surface area contributed by atoms with Crippen LogP contribution in [0.5, 0.6) is 11.5 Å². The van der Waals surface area contributed by atoms with E-state index in [0.29, 0.717) is 5.89 Å². The molecule has 2 heterocycles. The summed E-state index contributed by atoms with van der Waals surface area (Å²) in [6, 6.07) is 20.3. The van der Waals surface area contributed by atoms with Gasteiger partial charge in [0.25, 0.3) is 5.89 Å². The van der Waals surface area contributed by atoms with Gasteiger partial charge in [-0.25, -0.2) is 4.98 Å². The van der Waals surface area contributed by atoms with Gasteiger partial charge in [-0.05, 0) is 36.4 Å². The van der Waals surface area contributed by atoms with Gasteiger partial charge in [0.2, 0.25) is 5.89 Å². The van der Waals surface area contributed by atoms with Crippen molar-refractivity contribution in [3.63, 3.8) is 0 Å². The first kappa shape index (κ1) is 16.5. The van der Waals surface area contributed by atoms with Crippen LogP contribution in [0, 0.1) is 0 Å². The first-order valence-electron chi connectivity index (χ1n) is 8.50. The lowest BCUT2D eigenvalue weighted by molar-refractivity contribution is 0.403. The van der Waals surface area contributed by atoms with Crippen molar-refractivity contribution in [2.75, 3.05) is 0 Å². The van der Waals surface area contributed by atoms with Crippen molar-refractivity contribution in [2.24, 2.45) is 0 Å². The second-order valence-electron chi connectivity index (χ2n) is 6.15. The van der Waals surface area contributed by atoms with E-state index in [-0.39, 0.29) is 23.0 Å². The summed E-state index contributed by atoms with van der Waals surface area (Å²) in [6.45, 7) is 0. The number of thiazole rings is 1. The summed E-state index contributed by atoms with van der Waals surface area (Å²) in [4.78, 5) is 4.66. The molecule has 136 valence electrons. The summed E-state index contributed by atoms with van der Waals surface area (Å²) in [6.07, 6.45) is 0. The van der Waals surface area contributed by atoms with Crippen molar-refractivity contribution >= 4 is 21.6 Å². The smallest absolute Gasteiger partial charge is 0.252 e. The van der Waals surface area contributed by atoms with Crippen LogP contribution >= 0.6 is 11.3 Å². The van der Waals surface area contributed by atoms with Crippen LogP contribution in [0.1, 0.15) is 0 Å². The Kier molecular flexibility index (Phi) is 3.80. The summed E-state index contributed by atoms with van der Waals surface area (Å²) >= 11 is 1.64. The van der Waals surface area contributed by atoms with Crippen molar-refractivity contribution in [2.45, 2.75) is 0 Å². The number of hydrogen-bond donors (Lipinski definition) is 2. The largest absolute Gasteiger partial charge is 0.504 e. The third-order valence-corrected chi connectivity index (χ3v) is 5.43. The highest BCUT2D eigenvalue weighted by atomic mass is 32.1. The Hall–Kier alpha value is -3.71. The first-order valence-corrected chi connectivity index (χ1v) is 9.32. The van der Waals surface area contributed by atoms with Crippen LogP contribution < -0.4 is 0 Å². The highest BCUT2D eigenvalue weighted by Gasteiger charge is 2.16. The molecule has 0 atom stereocenters. The third kappa shape index (κ3) is 2.78. The molecule has 5 rings (SSSR count). The predicted molar refractivity (Wildman–Crippen MR) is 107 cm³/mol. The maximum atomic E-state index is 9.97. The molecule has 0 bridgehead atoms. The molecular weight excluding hydrogens is 374 g/mol. The van der Waals surface area contributed by atoms with Crippen LogP contribution in [-0.4, -0.2) is 25.4 Å². The number of rotatable bonds is 3. The number of fused-ring (bicyclic) bond motifs is 1. The molecule has 0 unspecified atom stereocenters. The number of aromatic nitrogens is 3. The van der Waals surface area contributed by atoms with Gasteiger partial charge in [0.1, 0.15) is 5.01 Å². The van der Waals surface area contributed by atoms with Crippen LogP contribution in [0.4, 0.5) is 0 Å². The van der Waals surface area contributed by atoms with Crippen molar-refractivity contribution < 1.29 is 14.6 Å². The van der Waals surface area contributed by atoms with Crippen LogP contribution in [0.3, 0.4) is 0 Å². The van der Waals surface area contributed by atoms with E-state index < -0.39 is 0 Å². The maximum absolute atomic E-state index is 9.97. The monoisotopic (exact) mass is 387 g/mol. The zero-order valence-corrected chi connectivity index (χ0v) is 15.2. The quantitative estimate of drug-likeness (QED) is 0.419. The van der Waals surface area contributed by atoms with Gasteiger partial charge in [-0.2, -0.15) is 0 Å². The molecule has 0 saturated carbocycles. The Bertz CT molecular complexity index is 1260. The topological polar surface area (TPSA) is 92.3 Å². The predicted octanol–water partition coefficient (Wildman–Crippen LogP) is 5.09. The average molecular weight is 387 g/mol. The zero-order valence-electron chi connectivity index (χ0n) is 14.4. The van der Waals surface area contributed by atoms with E-state index in [4.69, 9.17) is 4.42 Å². The third-order valence-electron chi connectivity index (χ3n) is 4.34. The van der Waals surface area contributed by atoms with Gasteiger partial charge in [0, 0.05) is 11.1 Å². The Balaban J connectivity index is 1.46. The minimum Gasteiger partial charge on any atom is -0.504 e. The molecule has 7 heteroatoms. The van der Waals surface area contributed by atoms with Crippen molar-refractivity contribution in [1.29, 1.82) is 0 Å².